The number of alkyl halides is 3. The van der Waals surface area contributed by atoms with Gasteiger partial charge in [-0.25, -0.2) is 0 Å². The summed E-state index contributed by atoms with van der Waals surface area (Å²) in [6, 6.07) is 13.2. The molecule has 2 aromatic rings. The second-order valence-electron chi connectivity index (χ2n) is 7.92. The lowest BCUT2D eigenvalue weighted by Crippen LogP contribution is -2.56. The summed E-state index contributed by atoms with van der Waals surface area (Å²) in [7, 11) is 0. The van der Waals surface area contributed by atoms with E-state index < -0.39 is 17.8 Å². The average Bonchev–Trinajstić information content (AvgIpc) is 2.77. The van der Waals surface area contributed by atoms with Gasteiger partial charge in [0.25, 0.3) is 5.91 Å². The maximum absolute atomic E-state index is 13.1. The second kappa shape index (κ2) is 9.41. The summed E-state index contributed by atoms with van der Waals surface area (Å²) in [5.74, 6) is -0.597. The Bertz CT molecular complexity index is 908. The minimum atomic E-state index is -4.39. The van der Waals surface area contributed by atoms with Crippen LogP contribution < -0.4 is 10.2 Å². The van der Waals surface area contributed by atoms with Gasteiger partial charge in [0.2, 0.25) is 5.91 Å². The fraction of sp³-hybridized carbons (Fsp3) is 0.391. The van der Waals surface area contributed by atoms with Crippen LogP contribution in [0.1, 0.15) is 29.8 Å². The number of nitrogens with one attached hydrogen (secondary N) is 1. The molecule has 2 amide bonds. The highest BCUT2D eigenvalue weighted by molar-refractivity contribution is 5.97. The predicted octanol–water partition coefficient (Wildman–Crippen LogP) is 3.81. The molecule has 1 atom stereocenters. The normalized spacial score (nSPS) is 15.7. The topological polar surface area (TPSA) is 52.7 Å². The van der Waals surface area contributed by atoms with E-state index in [-0.39, 0.29) is 17.7 Å². The van der Waals surface area contributed by atoms with E-state index in [2.05, 4.69) is 5.32 Å². The van der Waals surface area contributed by atoms with E-state index in [0.29, 0.717) is 37.4 Å². The molecule has 1 saturated heterocycles. The molecular formula is C23H26F3N3O2. The lowest BCUT2D eigenvalue weighted by atomic mass is 10.0. The van der Waals surface area contributed by atoms with Crippen molar-refractivity contribution in [2.24, 2.45) is 5.92 Å². The summed E-state index contributed by atoms with van der Waals surface area (Å²) in [6.07, 6.45) is -4.39. The summed E-state index contributed by atoms with van der Waals surface area (Å²) in [4.78, 5) is 29.1. The van der Waals surface area contributed by atoms with Gasteiger partial charge in [-0.05, 0) is 36.2 Å². The van der Waals surface area contributed by atoms with Crippen LogP contribution in [0.25, 0.3) is 0 Å². The highest BCUT2D eigenvalue weighted by Gasteiger charge is 2.33. The van der Waals surface area contributed by atoms with E-state index in [1.54, 1.807) is 35.2 Å². The first kappa shape index (κ1) is 22.7. The van der Waals surface area contributed by atoms with Crippen molar-refractivity contribution in [1.82, 2.24) is 10.2 Å². The van der Waals surface area contributed by atoms with Crippen LogP contribution in [0.3, 0.4) is 0 Å². The van der Waals surface area contributed by atoms with Crippen molar-refractivity contribution in [2.75, 3.05) is 31.1 Å². The van der Waals surface area contributed by atoms with Crippen LogP contribution in [0.4, 0.5) is 18.9 Å². The zero-order chi connectivity index (χ0) is 22.6. The van der Waals surface area contributed by atoms with Crippen molar-refractivity contribution in [3.8, 4) is 0 Å². The van der Waals surface area contributed by atoms with Crippen LogP contribution in [0, 0.1) is 5.92 Å². The predicted molar refractivity (Wildman–Crippen MR) is 113 cm³/mol. The van der Waals surface area contributed by atoms with Crippen LogP contribution in [0.2, 0.25) is 0 Å². The number of nitrogens with zero attached hydrogens (tertiary/aromatic N) is 2. The van der Waals surface area contributed by atoms with Gasteiger partial charge in [-0.15, -0.1) is 0 Å². The molecule has 1 fully saturated rings. The molecule has 0 bridgehead atoms. The molecule has 0 aromatic heterocycles. The SMILES string of the molecule is CC(C)[C@H](NC(=O)c1ccccc1)C(=O)N1CCN(c2cccc(C(F)(F)F)c2)CC1. The van der Waals surface area contributed by atoms with Crippen LogP contribution >= 0.6 is 0 Å². The highest BCUT2D eigenvalue weighted by Crippen LogP contribution is 2.32. The molecular weight excluding hydrogens is 407 g/mol. The highest BCUT2D eigenvalue weighted by atomic mass is 19.4. The first-order chi connectivity index (χ1) is 14.7. The van der Waals surface area contributed by atoms with Crippen LogP contribution in [0.15, 0.2) is 54.6 Å². The number of halogens is 3. The number of rotatable bonds is 5. The van der Waals surface area contributed by atoms with Gasteiger partial charge < -0.3 is 15.1 Å². The van der Waals surface area contributed by atoms with Crippen molar-refractivity contribution in [2.45, 2.75) is 26.1 Å². The minimum absolute atomic E-state index is 0.110. The number of hydrogen-bond donors (Lipinski definition) is 1. The zero-order valence-corrected chi connectivity index (χ0v) is 17.5. The fourth-order valence-electron chi connectivity index (χ4n) is 3.59. The van der Waals surface area contributed by atoms with E-state index >= 15 is 0 Å². The Balaban J connectivity index is 1.63. The molecule has 1 heterocycles. The van der Waals surface area contributed by atoms with Crippen molar-refractivity contribution in [3.63, 3.8) is 0 Å². The monoisotopic (exact) mass is 433 g/mol. The number of carbonyl (C=O) groups excluding carboxylic acids is 2. The van der Waals surface area contributed by atoms with Crippen molar-refractivity contribution in [1.29, 1.82) is 0 Å². The third kappa shape index (κ3) is 5.57. The van der Waals surface area contributed by atoms with Gasteiger partial charge in [0.05, 0.1) is 5.56 Å². The molecule has 166 valence electrons. The van der Waals surface area contributed by atoms with Gasteiger partial charge in [-0.3, -0.25) is 9.59 Å². The van der Waals surface area contributed by atoms with Gasteiger partial charge in [-0.1, -0.05) is 38.1 Å². The fourth-order valence-corrected chi connectivity index (χ4v) is 3.59. The molecule has 1 N–H and O–H groups in total. The summed E-state index contributed by atoms with van der Waals surface area (Å²) in [5.41, 5.74) is 0.280. The van der Waals surface area contributed by atoms with E-state index in [1.807, 2.05) is 24.8 Å². The zero-order valence-electron chi connectivity index (χ0n) is 17.5. The summed E-state index contributed by atoms with van der Waals surface area (Å²) in [5, 5.41) is 2.83. The third-order valence-electron chi connectivity index (χ3n) is 5.39. The second-order valence-corrected chi connectivity index (χ2v) is 7.92. The Morgan fingerprint density at radius 1 is 0.935 bits per heavy atom. The van der Waals surface area contributed by atoms with E-state index in [1.165, 1.54) is 6.07 Å². The molecule has 3 rings (SSSR count). The number of amides is 2. The minimum Gasteiger partial charge on any atom is -0.368 e. The van der Waals surface area contributed by atoms with Crippen LogP contribution in [-0.2, 0) is 11.0 Å². The summed E-state index contributed by atoms with van der Waals surface area (Å²) < 4.78 is 39.0. The number of piperazine rings is 1. The van der Waals surface area contributed by atoms with E-state index in [9.17, 15) is 22.8 Å². The van der Waals surface area contributed by atoms with Crippen molar-refractivity contribution < 1.29 is 22.8 Å². The number of anilines is 1. The van der Waals surface area contributed by atoms with Gasteiger partial charge in [0.15, 0.2) is 0 Å². The molecule has 0 radical (unpaired) electrons. The molecule has 5 nitrogen and oxygen atoms in total. The van der Waals surface area contributed by atoms with E-state index in [0.717, 1.165) is 12.1 Å². The molecule has 1 aliphatic rings. The lowest BCUT2D eigenvalue weighted by molar-refractivity contribution is -0.137. The molecule has 0 saturated carbocycles. The lowest BCUT2D eigenvalue weighted by Gasteiger charge is -2.38. The summed E-state index contributed by atoms with van der Waals surface area (Å²) >= 11 is 0. The Morgan fingerprint density at radius 3 is 2.16 bits per heavy atom. The molecule has 2 aromatic carbocycles. The van der Waals surface area contributed by atoms with Crippen LogP contribution in [0.5, 0.6) is 0 Å². The molecule has 1 aliphatic heterocycles. The summed E-state index contributed by atoms with van der Waals surface area (Å²) in [6.45, 7) is 5.33. The standard InChI is InChI=1S/C23H26F3N3O2/c1-16(2)20(27-21(30)17-7-4-3-5-8-17)22(31)29-13-11-28(12-14-29)19-10-6-9-18(15-19)23(24,25)26/h3-10,15-16,20H,11-14H2,1-2H3,(H,27,30)/t20-/m0/s1. The maximum Gasteiger partial charge on any atom is 0.416 e. The Morgan fingerprint density at radius 2 is 1.58 bits per heavy atom. The average molecular weight is 433 g/mol. The maximum atomic E-state index is 13.1. The Labute approximate surface area is 179 Å². The third-order valence-corrected chi connectivity index (χ3v) is 5.39. The Kier molecular flexibility index (Phi) is 6.87. The van der Waals surface area contributed by atoms with Crippen molar-refractivity contribution >= 4 is 17.5 Å². The van der Waals surface area contributed by atoms with Crippen LogP contribution in [-0.4, -0.2) is 48.9 Å². The van der Waals surface area contributed by atoms with Gasteiger partial charge >= 0.3 is 6.18 Å². The number of hydrogen-bond acceptors (Lipinski definition) is 3. The molecule has 31 heavy (non-hydrogen) atoms. The van der Waals surface area contributed by atoms with Gasteiger partial charge in [0.1, 0.15) is 6.04 Å². The molecule has 0 spiro atoms. The first-order valence-electron chi connectivity index (χ1n) is 10.2. The largest absolute Gasteiger partial charge is 0.416 e. The molecule has 8 heteroatoms. The number of carbonyl (C=O) groups is 2. The van der Waals surface area contributed by atoms with Gasteiger partial charge in [-0.2, -0.15) is 13.2 Å². The van der Waals surface area contributed by atoms with Gasteiger partial charge in [0, 0.05) is 37.4 Å². The molecule has 0 unspecified atom stereocenters. The first-order valence-corrected chi connectivity index (χ1v) is 10.2. The quantitative estimate of drug-likeness (QED) is 0.780. The molecule has 0 aliphatic carbocycles. The number of benzene rings is 2. The smallest absolute Gasteiger partial charge is 0.368 e. The van der Waals surface area contributed by atoms with E-state index in [4.69, 9.17) is 0 Å². The Hall–Kier alpha value is -3.03. The van der Waals surface area contributed by atoms with Crippen molar-refractivity contribution in [3.05, 3.63) is 65.7 Å².